The van der Waals surface area contributed by atoms with Crippen molar-refractivity contribution in [3.63, 3.8) is 0 Å². The number of fused-ring (bicyclic) bond motifs is 1. The number of rotatable bonds is 4. The molecular weight excluding hydrogens is 374 g/mol. The number of aromatic nitrogens is 2. The maximum absolute atomic E-state index is 11.8. The number of sulfone groups is 1. The summed E-state index contributed by atoms with van der Waals surface area (Å²) in [4.78, 5) is 17.9. The number of nitrogens with one attached hydrogen (secondary N) is 1. The molecule has 3 rings (SSSR count). The molecule has 0 saturated heterocycles. The minimum atomic E-state index is -3.73. The van der Waals surface area contributed by atoms with Gasteiger partial charge in [0.05, 0.1) is 20.9 Å². The van der Waals surface area contributed by atoms with E-state index in [1.807, 2.05) is 0 Å². The van der Waals surface area contributed by atoms with Gasteiger partial charge in [-0.1, -0.05) is 17.7 Å². The molecule has 1 aromatic heterocycles. The summed E-state index contributed by atoms with van der Waals surface area (Å²) in [5.41, 5.74) is 0.888. The first-order valence-corrected chi connectivity index (χ1v) is 9.65. The number of imidazole rings is 1. The number of nitro groups is 1. The third-order valence-electron chi connectivity index (χ3n) is 3.17. The first-order chi connectivity index (χ1) is 11.3. The molecule has 0 radical (unpaired) electrons. The second-order valence-electron chi connectivity index (χ2n) is 4.94. The van der Waals surface area contributed by atoms with E-state index >= 15 is 0 Å². The van der Waals surface area contributed by atoms with Crippen molar-refractivity contribution >= 4 is 49.9 Å². The Bertz CT molecular complexity index is 1060. The standard InChI is InChI=1S/C14H10ClN3O4S2/c1-24(21,22)12-4-2-3-11(13(12)18(19)20)23-14-16-9-6-5-8(15)7-10(9)17-14/h2-7H,1H3,(H,16,17). The first kappa shape index (κ1) is 16.7. The van der Waals surface area contributed by atoms with Crippen LogP contribution in [0.1, 0.15) is 0 Å². The molecule has 124 valence electrons. The average Bonchev–Trinajstić information content (AvgIpc) is 2.87. The molecule has 0 unspecified atom stereocenters. The predicted octanol–water partition coefficient (Wildman–Crippen LogP) is 3.68. The Morgan fingerprint density at radius 2 is 2.04 bits per heavy atom. The number of hydrogen-bond donors (Lipinski definition) is 1. The first-order valence-electron chi connectivity index (χ1n) is 6.56. The SMILES string of the molecule is CS(=O)(=O)c1cccc(Sc2nc3ccc(Cl)cc3[nH]2)c1[N+](=O)[O-]. The van der Waals surface area contributed by atoms with Crippen LogP contribution in [0.15, 0.2) is 51.3 Å². The van der Waals surface area contributed by atoms with Crippen LogP contribution in [0.4, 0.5) is 5.69 Å². The fourth-order valence-electron chi connectivity index (χ4n) is 2.17. The highest BCUT2D eigenvalue weighted by molar-refractivity contribution is 7.99. The quantitative estimate of drug-likeness (QED) is 0.544. The van der Waals surface area contributed by atoms with Crippen LogP contribution in [0, 0.1) is 10.1 Å². The van der Waals surface area contributed by atoms with Crippen molar-refractivity contribution in [1.82, 2.24) is 9.97 Å². The van der Waals surface area contributed by atoms with Gasteiger partial charge in [-0.25, -0.2) is 13.4 Å². The zero-order valence-corrected chi connectivity index (χ0v) is 14.6. The second-order valence-corrected chi connectivity index (χ2v) is 8.39. The van der Waals surface area contributed by atoms with Gasteiger partial charge in [-0.05, 0) is 42.1 Å². The van der Waals surface area contributed by atoms with E-state index in [0.717, 1.165) is 18.0 Å². The van der Waals surface area contributed by atoms with Crippen LogP contribution in [0.2, 0.25) is 5.02 Å². The average molecular weight is 384 g/mol. The number of benzene rings is 2. The zero-order valence-electron chi connectivity index (χ0n) is 12.2. The van der Waals surface area contributed by atoms with Crippen LogP contribution in [0.25, 0.3) is 11.0 Å². The van der Waals surface area contributed by atoms with Crippen molar-refractivity contribution in [1.29, 1.82) is 0 Å². The molecule has 0 atom stereocenters. The molecule has 0 saturated carbocycles. The van der Waals surface area contributed by atoms with Gasteiger partial charge in [0, 0.05) is 11.3 Å². The minimum Gasteiger partial charge on any atom is -0.333 e. The molecule has 0 aliphatic heterocycles. The highest BCUT2D eigenvalue weighted by Gasteiger charge is 2.27. The molecule has 2 aromatic carbocycles. The second kappa shape index (κ2) is 6.08. The van der Waals surface area contributed by atoms with Gasteiger partial charge in [0.25, 0.3) is 0 Å². The largest absolute Gasteiger partial charge is 0.333 e. The monoisotopic (exact) mass is 383 g/mol. The van der Waals surface area contributed by atoms with Gasteiger partial charge in [-0.3, -0.25) is 10.1 Å². The van der Waals surface area contributed by atoms with E-state index < -0.39 is 20.4 Å². The van der Waals surface area contributed by atoms with Crippen LogP contribution in [0.5, 0.6) is 0 Å². The number of halogens is 1. The van der Waals surface area contributed by atoms with Crippen LogP contribution in [-0.2, 0) is 9.84 Å². The highest BCUT2D eigenvalue weighted by Crippen LogP contribution is 2.38. The lowest BCUT2D eigenvalue weighted by atomic mass is 10.3. The molecule has 0 amide bonds. The van der Waals surface area contributed by atoms with Crippen molar-refractivity contribution < 1.29 is 13.3 Å². The molecular formula is C14H10ClN3O4S2. The maximum Gasteiger partial charge on any atom is 0.301 e. The summed E-state index contributed by atoms with van der Waals surface area (Å²) >= 11 is 6.90. The summed E-state index contributed by atoms with van der Waals surface area (Å²) in [7, 11) is -3.73. The zero-order chi connectivity index (χ0) is 17.5. The van der Waals surface area contributed by atoms with Crippen molar-refractivity contribution in [3.8, 4) is 0 Å². The molecule has 24 heavy (non-hydrogen) atoms. The summed E-state index contributed by atoms with van der Waals surface area (Å²) in [5, 5.41) is 12.3. The van der Waals surface area contributed by atoms with E-state index in [1.165, 1.54) is 18.2 Å². The molecule has 7 nitrogen and oxygen atoms in total. The van der Waals surface area contributed by atoms with Gasteiger partial charge in [-0.15, -0.1) is 0 Å². The van der Waals surface area contributed by atoms with E-state index in [1.54, 1.807) is 18.2 Å². The fraction of sp³-hybridized carbons (Fsp3) is 0.0714. The Labute approximate surface area is 146 Å². The van der Waals surface area contributed by atoms with Gasteiger partial charge in [-0.2, -0.15) is 0 Å². The molecule has 3 aromatic rings. The molecule has 0 spiro atoms. The van der Waals surface area contributed by atoms with Gasteiger partial charge >= 0.3 is 5.69 Å². The number of nitro benzene ring substituents is 1. The van der Waals surface area contributed by atoms with Crippen molar-refractivity contribution in [2.75, 3.05) is 6.26 Å². The third kappa shape index (κ3) is 3.23. The van der Waals surface area contributed by atoms with Gasteiger partial charge in [0.2, 0.25) is 0 Å². The normalized spacial score (nSPS) is 11.8. The van der Waals surface area contributed by atoms with Crippen LogP contribution < -0.4 is 0 Å². The summed E-state index contributed by atoms with van der Waals surface area (Å²) in [6.45, 7) is 0. The summed E-state index contributed by atoms with van der Waals surface area (Å²) < 4.78 is 23.6. The van der Waals surface area contributed by atoms with E-state index in [-0.39, 0.29) is 9.79 Å². The van der Waals surface area contributed by atoms with Gasteiger partial charge < -0.3 is 4.98 Å². The Morgan fingerprint density at radius 3 is 2.71 bits per heavy atom. The molecule has 0 bridgehead atoms. The maximum atomic E-state index is 11.8. The fourth-order valence-corrected chi connectivity index (χ4v) is 4.21. The summed E-state index contributed by atoms with van der Waals surface area (Å²) in [5.74, 6) is 0. The van der Waals surface area contributed by atoms with E-state index in [2.05, 4.69) is 9.97 Å². The smallest absolute Gasteiger partial charge is 0.301 e. The predicted molar refractivity (Wildman–Crippen MR) is 91.4 cm³/mol. The van der Waals surface area contributed by atoms with E-state index in [0.29, 0.717) is 21.2 Å². The minimum absolute atomic E-state index is 0.188. The Kier molecular flexibility index (Phi) is 4.24. The summed E-state index contributed by atoms with van der Waals surface area (Å²) in [6, 6.07) is 9.26. The van der Waals surface area contributed by atoms with Crippen molar-refractivity contribution in [3.05, 3.63) is 51.5 Å². The third-order valence-corrected chi connectivity index (χ3v) is 5.47. The Balaban J connectivity index is 2.10. The number of hydrogen-bond acceptors (Lipinski definition) is 6. The molecule has 0 aliphatic carbocycles. The van der Waals surface area contributed by atoms with Crippen molar-refractivity contribution in [2.45, 2.75) is 14.9 Å². The topological polar surface area (TPSA) is 106 Å². The highest BCUT2D eigenvalue weighted by atomic mass is 35.5. The summed E-state index contributed by atoms with van der Waals surface area (Å²) in [6.07, 6.45) is 0.937. The Hall–Kier alpha value is -2.10. The molecule has 10 heteroatoms. The molecule has 1 N–H and O–H groups in total. The number of H-pyrrole nitrogens is 1. The van der Waals surface area contributed by atoms with Crippen molar-refractivity contribution in [2.24, 2.45) is 0 Å². The van der Waals surface area contributed by atoms with E-state index in [9.17, 15) is 18.5 Å². The van der Waals surface area contributed by atoms with E-state index in [4.69, 9.17) is 11.6 Å². The van der Waals surface area contributed by atoms with Gasteiger partial charge in [0.1, 0.15) is 4.90 Å². The lowest BCUT2D eigenvalue weighted by Crippen LogP contribution is -2.03. The van der Waals surface area contributed by atoms with Crippen LogP contribution >= 0.6 is 23.4 Å². The lowest BCUT2D eigenvalue weighted by Gasteiger charge is -2.05. The van der Waals surface area contributed by atoms with Crippen LogP contribution in [0.3, 0.4) is 0 Å². The molecule has 0 fully saturated rings. The lowest BCUT2D eigenvalue weighted by molar-refractivity contribution is -0.390. The number of para-hydroxylation sites is 1. The number of aromatic amines is 1. The van der Waals surface area contributed by atoms with Crippen LogP contribution in [-0.4, -0.2) is 29.6 Å². The molecule has 0 aliphatic rings. The van der Waals surface area contributed by atoms with Gasteiger partial charge in [0.15, 0.2) is 15.0 Å². The molecule has 1 heterocycles. The number of nitrogens with zero attached hydrogens (tertiary/aromatic N) is 2. The Morgan fingerprint density at radius 1 is 1.29 bits per heavy atom.